The first-order chi connectivity index (χ1) is 11.9. The van der Waals surface area contributed by atoms with E-state index in [-0.39, 0.29) is 11.4 Å². The van der Waals surface area contributed by atoms with E-state index in [2.05, 4.69) is 26.5 Å². The van der Waals surface area contributed by atoms with Crippen molar-refractivity contribution in [1.82, 2.24) is 0 Å². The molecule has 0 heterocycles. The van der Waals surface area contributed by atoms with Crippen LogP contribution in [0, 0.1) is 20.2 Å². The zero-order chi connectivity index (χ0) is 18.1. The van der Waals surface area contributed by atoms with E-state index >= 15 is 0 Å². The topological polar surface area (TPSA) is 120 Å². The minimum atomic E-state index is -0.693. The molecular weight excluding hydrogens is 396 g/mol. The fourth-order valence-electron chi connectivity index (χ4n) is 2.51. The largest absolute Gasteiger partial charge is 0.496 e. The molecule has 1 aliphatic carbocycles. The summed E-state index contributed by atoms with van der Waals surface area (Å²) in [5.74, 6) is 0.656. The lowest BCUT2D eigenvalue weighted by Gasteiger charge is -2.25. The van der Waals surface area contributed by atoms with Gasteiger partial charge in [0.15, 0.2) is 0 Å². The Kier molecular flexibility index (Phi) is 4.36. The van der Waals surface area contributed by atoms with Crippen LogP contribution in [0.25, 0.3) is 0 Å². The quantitative estimate of drug-likeness (QED) is 0.597. The van der Waals surface area contributed by atoms with Crippen LogP contribution in [-0.2, 0) is 6.42 Å². The van der Waals surface area contributed by atoms with Gasteiger partial charge in [0.25, 0.3) is 5.69 Å². The molecule has 0 spiro atoms. The molecule has 2 aromatic rings. The molecule has 2 aromatic carbocycles. The fourth-order valence-corrected chi connectivity index (χ4v) is 2.98. The van der Waals surface area contributed by atoms with Gasteiger partial charge in [-0.2, -0.15) is 5.10 Å². The molecule has 128 valence electrons. The number of nitro groups is 2. The molecule has 0 unspecified atom stereocenters. The number of non-ortho nitro benzene ring substituents is 1. The maximum Gasteiger partial charge on any atom is 0.301 e. The minimum Gasteiger partial charge on any atom is -0.496 e. The SMILES string of the molecule is COc1ccc(Br)c2c1/C(=N/Nc1ccc([N+](=O)[O-])cc1[N+](=O)[O-])C2. The first-order valence-corrected chi connectivity index (χ1v) is 7.82. The highest BCUT2D eigenvalue weighted by molar-refractivity contribution is 9.10. The van der Waals surface area contributed by atoms with Gasteiger partial charge in [0.05, 0.1) is 28.7 Å². The van der Waals surface area contributed by atoms with Crippen LogP contribution in [0.5, 0.6) is 5.75 Å². The molecule has 0 aliphatic heterocycles. The third kappa shape index (κ3) is 3.03. The average molecular weight is 407 g/mol. The number of hydrogen-bond acceptors (Lipinski definition) is 7. The van der Waals surface area contributed by atoms with Gasteiger partial charge >= 0.3 is 5.69 Å². The Balaban J connectivity index is 1.92. The van der Waals surface area contributed by atoms with E-state index in [0.717, 1.165) is 21.7 Å². The third-order valence-electron chi connectivity index (χ3n) is 3.77. The second-order valence-corrected chi connectivity index (χ2v) is 6.02. The number of rotatable bonds is 5. The maximum absolute atomic E-state index is 11.1. The molecule has 0 saturated carbocycles. The summed E-state index contributed by atoms with van der Waals surface area (Å²) < 4.78 is 6.24. The Morgan fingerprint density at radius 3 is 2.60 bits per heavy atom. The van der Waals surface area contributed by atoms with Crippen molar-refractivity contribution in [2.75, 3.05) is 12.5 Å². The van der Waals surface area contributed by atoms with Gasteiger partial charge < -0.3 is 4.74 Å². The van der Waals surface area contributed by atoms with Gasteiger partial charge in [-0.3, -0.25) is 25.7 Å². The number of halogens is 1. The van der Waals surface area contributed by atoms with Crippen LogP contribution in [0.4, 0.5) is 17.1 Å². The van der Waals surface area contributed by atoms with Crippen molar-refractivity contribution >= 4 is 38.7 Å². The first-order valence-electron chi connectivity index (χ1n) is 7.03. The first kappa shape index (κ1) is 16.8. The van der Waals surface area contributed by atoms with Gasteiger partial charge in [-0.15, -0.1) is 0 Å². The van der Waals surface area contributed by atoms with Gasteiger partial charge in [0.1, 0.15) is 11.4 Å². The highest BCUT2D eigenvalue weighted by atomic mass is 79.9. The lowest BCUT2D eigenvalue weighted by Crippen LogP contribution is -2.23. The lowest BCUT2D eigenvalue weighted by atomic mass is 9.85. The zero-order valence-electron chi connectivity index (χ0n) is 12.9. The summed E-state index contributed by atoms with van der Waals surface area (Å²) in [5, 5.41) is 26.1. The van der Waals surface area contributed by atoms with Crippen LogP contribution in [0.3, 0.4) is 0 Å². The summed E-state index contributed by atoms with van der Waals surface area (Å²) in [4.78, 5) is 20.5. The Hall–Kier alpha value is -3.01. The number of nitrogens with one attached hydrogen (secondary N) is 1. The van der Waals surface area contributed by atoms with Gasteiger partial charge in [-0.1, -0.05) is 15.9 Å². The number of benzene rings is 2. The molecule has 0 saturated heterocycles. The normalized spacial score (nSPS) is 13.8. The van der Waals surface area contributed by atoms with Crippen LogP contribution in [0.2, 0.25) is 0 Å². The van der Waals surface area contributed by atoms with Crippen molar-refractivity contribution in [2.24, 2.45) is 5.10 Å². The summed E-state index contributed by atoms with van der Waals surface area (Å²) in [6, 6.07) is 7.02. The van der Waals surface area contributed by atoms with Crippen molar-refractivity contribution < 1.29 is 14.6 Å². The van der Waals surface area contributed by atoms with E-state index in [1.54, 1.807) is 13.2 Å². The Labute approximate surface area is 149 Å². The molecule has 0 amide bonds. The molecule has 0 aromatic heterocycles. The van der Waals surface area contributed by atoms with Crippen LogP contribution < -0.4 is 10.2 Å². The summed E-state index contributed by atoms with van der Waals surface area (Å²) in [6.07, 6.45) is 0.570. The second-order valence-electron chi connectivity index (χ2n) is 5.17. The van der Waals surface area contributed by atoms with Gasteiger partial charge in [-0.05, 0) is 23.8 Å². The number of anilines is 1. The van der Waals surface area contributed by atoms with Gasteiger partial charge in [0, 0.05) is 22.5 Å². The molecule has 10 heteroatoms. The molecule has 1 aliphatic rings. The maximum atomic E-state index is 11.1. The molecule has 0 radical (unpaired) electrons. The van der Waals surface area contributed by atoms with Gasteiger partial charge in [-0.25, -0.2) is 0 Å². The predicted molar refractivity (Wildman–Crippen MR) is 94.3 cm³/mol. The van der Waals surface area contributed by atoms with E-state index < -0.39 is 15.5 Å². The smallest absolute Gasteiger partial charge is 0.301 e. The number of hydrogen-bond donors (Lipinski definition) is 1. The number of hydrazone groups is 1. The summed E-state index contributed by atoms with van der Waals surface area (Å²) >= 11 is 3.45. The highest BCUT2D eigenvalue weighted by Crippen LogP contribution is 2.38. The average Bonchev–Trinajstić information content (AvgIpc) is 2.56. The molecule has 25 heavy (non-hydrogen) atoms. The molecule has 3 rings (SSSR count). The Morgan fingerprint density at radius 1 is 1.20 bits per heavy atom. The standard InChI is InChI=1S/C15H11BrN4O5/c1-25-14-5-3-10(16)9-7-12(15(9)14)18-17-11-4-2-8(19(21)22)6-13(11)20(23)24/h2-6,17H,7H2,1H3/b18-12+. The zero-order valence-corrected chi connectivity index (χ0v) is 14.4. The van der Waals surface area contributed by atoms with E-state index in [9.17, 15) is 20.2 Å². The number of nitrogens with zero attached hydrogens (tertiary/aromatic N) is 3. The number of ether oxygens (including phenoxy) is 1. The fraction of sp³-hybridized carbons (Fsp3) is 0.133. The summed E-state index contributed by atoms with van der Waals surface area (Å²) in [5.41, 5.74) is 4.48. The summed E-state index contributed by atoms with van der Waals surface area (Å²) in [7, 11) is 1.55. The number of nitro benzene ring substituents is 2. The van der Waals surface area contributed by atoms with Crippen molar-refractivity contribution in [3.63, 3.8) is 0 Å². The molecule has 0 atom stereocenters. The molecule has 0 fully saturated rings. The predicted octanol–water partition coefficient (Wildman–Crippen LogP) is 3.65. The van der Waals surface area contributed by atoms with Crippen LogP contribution in [0.15, 0.2) is 39.9 Å². The second kappa shape index (κ2) is 6.48. The minimum absolute atomic E-state index is 0.0745. The van der Waals surface area contributed by atoms with Gasteiger partial charge in [0.2, 0.25) is 0 Å². The van der Waals surface area contributed by atoms with Crippen molar-refractivity contribution in [1.29, 1.82) is 0 Å². The molecular formula is C15H11BrN4O5. The third-order valence-corrected chi connectivity index (χ3v) is 4.51. The molecule has 1 N–H and O–H groups in total. The van der Waals surface area contributed by atoms with Crippen molar-refractivity contribution in [2.45, 2.75) is 6.42 Å². The van der Waals surface area contributed by atoms with E-state index in [1.165, 1.54) is 12.1 Å². The molecule has 0 bridgehead atoms. The summed E-state index contributed by atoms with van der Waals surface area (Å²) in [6.45, 7) is 0. The number of fused-ring (bicyclic) bond motifs is 1. The van der Waals surface area contributed by atoms with E-state index in [0.29, 0.717) is 17.9 Å². The Bertz CT molecular complexity index is 928. The van der Waals surface area contributed by atoms with E-state index in [4.69, 9.17) is 4.74 Å². The highest BCUT2D eigenvalue weighted by Gasteiger charge is 2.28. The van der Waals surface area contributed by atoms with Crippen LogP contribution in [0.1, 0.15) is 11.1 Å². The van der Waals surface area contributed by atoms with E-state index in [1.807, 2.05) is 6.07 Å². The number of methoxy groups -OCH3 is 1. The van der Waals surface area contributed by atoms with Crippen LogP contribution >= 0.6 is 15.9 Å². The molecule has 9 nitrogen and oxygen atoms in total. The van der Waals surface area contributed by atoms with Crippen molar-refractivity contribution in [3.8, 4) is 5.75 Å². The Morgan fingerprint density at radius 2 is 1.96 bits per heavy atom. The lowest BCUT2D eigenvalue weighted by molar-refractivity contribution is -0.393. The van der Waals surface area contributed by atoms with Crippen molar-refractivity contribution in [3.05, 3.63) is 66.2 Å². The van der Waals surface area contributed by atoms with Crippen LogP contribution in [-0.4, -0.2) is 22.7 Å². The monoisotopic (exact) mass is 406 g/mol.